The van der Waals surface area contributed by atoms with Gasteiger partial charge >= 0.3 is 10.8 Å². The van der Waals surface area contributed by atoms with E-state index in [0.29, 0.717) is 6.54 Å². The Bertz CT molecular complexity index is 508. The predicted octanol–water partition coefficient (Wildman–Crippen LogP) is 2.11. The number of hydrogen-bond donors (Lipinski definition) is 0. The molecule has 1 fully saturated rings. The van der Waals surface area contributed by atoms with Crippen molar-refractivity contribution in [2.45, 2.75) is 57.8 Å². The van der Waals surface area contributed by atoms with Gasteiger partial charge < -0.3 is 14.0 Å². The van der Waals surface area contributed by atoms with Crippen LogP contribution in [0, 0.1) is 6.92 Å². The third kappa shape index (κ3) is 3.93. The first-order chi connectivity index (χ1) is 9.60. The number of ether oxygens (including phenoxy) is 2. The van der Waals surface area contributed by atoms with E-state index in [1.165, 1.54) is 0 Å². The zero-order valence-corrected chi connectivity index (χ0v) is 12.8. The van der Waals surface area contributed by atoms with Gasteiger partial charge in [-0.15, -0.1) is 0 Å². The number of methoxy groups -OCH3 is 1. The van der Waals surface area contributed by atoms with Gasteiger partial charge in [0.1, 0.15) is 6.10 Å². The summed E-state index contributed by atoms with van der Waals surface area (Å²) in [6.45, 7) is 2.26. The molecule has 2 atom stereocenters. The largest absolute Gasteiger partial charge is 0.462 e. The smallest absolute Gasteiger partial charge is 0.307 e. The Balaban J connectivity index is 1.79. The highest BCUT2D eigenvalue weighted by atomic mass is 32.1. The summed E-state index contributed by atoms with van der Waals surface area (Å²) in [5, 5.41) is 1.80. The van der Waals surface area contributed by atoms with Crippen LogP contribution in [0.25, 0.3) is 0 Å². The van der Waals surface area contributed by atoms with E-state index in [2.05, 4.69) is 0 Å². The van der Waals surface area contributed by atoms with E-state index in [9.17, 15) is 9.59 Å². The van der Waals surface area contributed by atoms with E-state index < -0.39 is 0 Å². The average Bonchev–Trinajstić information content (AvgIpc) is 2.76. The maximum Gasteiger partial charge on any atom is 0.307 e. The minimum Gasteiger partial charge on any atom is -0.462 e. The third-order valence-electron chi connectivity index (χ3n) is 3.73. The molecule has 2 rings (SSSR count). The van der Waals surface area contributed by atoms with Crippen molar-refractivity contribution in [3.63, 3.8) is 0 Å². The van der Waals surface area contributed by atoms with Crippen molar-refractivity contribution in [1.29, 1.82) is 0 Å². The van der Waals surface area contributed by atoms with Crippen LogP contribution in [-0.4, -0.2) is 29.9 Å². The SMILES string of the molecule is CO[C@@H]1CCC[C@H](OC(=O)CCn2c(C)csc2=O)C1. The van der Waals surface area contributed by atoms with Crippen LogP contribution in [0.5, 0.6) is 0 Å². The molecule has 0 aromatic carbocycles. The van der Waals surface area contributed by atoms with Gasteiger partial charge in [-0.3, -0.25) is 9.59 Å². The normalized spacial score (nSPS) is 22.7. The quantitative estimate of drug-likeness (QED) is 0.781. The number of carbonyl (C=O) groups excluding carboxylic acids is 1. The molecule has 0 amide bonds. The Hall–Kier alpha value is -1.14. The van der Waals surface area contributed by atoms with Crippen molar-refractivity contribution in [3.8, 4) is 0 Å². The molecule has 1 aromatic heterocycles. The standard InChI is InChI=1S/C14H21NO4S/c1-10-9-20-14(17)15(10)7-6-13(16)19-12-5-3-4-11(8-12)18-2/h9,11-12H,3-8H2,1-2H3/t11-,12+/m1/s1. The Morgan fingerprint density at radius 1 is 1.45 bits per heavy atom. The fraction of sp³-hybridized carbons (Fsp3) is 0.714. The van der Waals surface area contributed by atoms with Gasteiger partial charge in [-0.05, 0) is 26.2 Å². The van der Waals surface area contributed by atoms with Crippen LogP contribution >= 0.6 is 11.3 Å². The number of nitrogens with zero attached hydrogens (tertiary/aromatic N) is 1. The molecule has 112 valence electrons. The number of aryl methyl sites for hydroxylation is 1. The lowest BCUT2D eigenvalue weighted by Gasteiger charge is -2.27. The molecule has 1 aliphatic rings. The van der Waals surface area contributed by atoms with Gasteiger partial charge in [0.25, 0.3) is 0 Å². The second-order valence-corrected chi connectivity index (χ2v) is 6.00. The van der Waals surface area contributed by atoms with E-state index >= 15 is 0 Å². The molecule has 0 spiro atoms. The van der Waals surface area contributed by atoms with Crippen LogP contribution in [0.4, 0.5) is 0 Å². The number of thiazole rings is 1. The zero-order valence-electron chi connectivity index (χ0n) is 12.0. The van der Waals surface area contributed by atoms with Crippen molar-refractivity contribution in [1.82, 2.24) is 4.57 Å². The molecule has 0 N–H and O–H groups in total. The highest BCUT2D eigenvalue weighted by Crippen LogP contribution is 2.23. The first kappa shape index (κ1) is 15.3. The van der Waals surface area contributed by atoms with Crippen LogP contribution < -0.4 is 4.87 Å². The first-order valence-electron chi connectivity index (χ1n) is 6.97. The molecule has 1 aromatic rings. The Kier molecular flexibility index (Phi) is 5.37. The van der Waals surface area contributed by atoms with Gasteiger partial charge in [-0.2, -0.15) is 0 Å². The summed E-state index contributed by atoms with van der Waals surface area (Å²) in [4.78, 5) is 23.4. The highest BCUT2D eigenvalue weighted by Gasteiger charge is 2.24. The lowest BCUT2D eigenvalue weighted by atomic mass is 9.95. The molecule has 0 saturated heterocycles. The van der Waals surface area contributed by atoms with Crippen molar-refractivity contribution < 1.29 is 14.3 Å². The lowest BCUT2D eigenvalue weighted by molar-refractivity contribution is -0.152. The maximum atomic E-state index is 11.8. The molecule has 5 nitrogen and oxygen atoms in total. The Morgan fingerprint density at radius 3 is 2.85 bits per heavy atom. The fourth-order valence-corrected chi connectivity index (χ4v) is 3.31. The summed E-state index contributed by atoms with van der Waals surface area (Å²) in [6, 6.07) is 0. The van der Waals surface area contributed by atoms with E-state index in [4.69, 9.17) is 9.47 Å². The summed E-state index contributed by atoms with van der Waals surface area (Å²) in [5.74, 6) is -0.232. The zero-order chi connectivity index (χ0) is 14.5. The van der Waals surface area contributed by atoms with Crippen LogP contribution in [0.15, 0.2) is 10.2 Å². The molecule has 0 bridgehead atoms. The van der Waals surface area contributed by atoms with Crippen molar-refractivity contribution in [2.75, 3.05) is 7.11 Å². The molecule has 6 heteroatoms. The Labute approximate surface area is 122 Å². The molecule has 1 saturated carbocycles. The molecule has 1 aliphatic carbocycles. The number of rotatable bonds is 5. The van der Waals surface area contributed by atoms with Crippen LogP contribution in [0.2, 0.25) is 0 Å². The topological polar surface area (TPSA) is 57.5 Å². The van der Waals surface area contributed by atoms with Crippen molar-refractivity contribution >= 4 is 17.3 Å². The number of esters is 1. The number of carbonyl (C=O) groups is 1. The van der Waals surface area contributed by atoms with Crippen LogP contribution in [0.3, 0.4) is 0 Å². The molecule has 20 heavy (non-hydrogen) atoms. The molecular weight excluding hydrogens is 278 g/mol. The second kappa shape index (κ2) is 7.04. The molecule has 1 heterocycles. The maximum absolute atomic E-state index is 11.8. The molecular formula is C14H21NO4S. The van der Waals surface area contributed by atoms with Gasteiger partial charge in [-0.25, -0.2) is 0 Å². The number of aromatic nitrogens is 1. The highest BCUT2D eigenvalue weighted by molar-refractivity contribution is 7.07. The van der Waals surface area contributed by atoms with Gasteiger partial charge in [-0.1, -0.05) is 11.3 Å². The van der Waals surface area contributed by atoms with Gasteiger partial charge in [0.05, 0.1) is 12.5 Å². The first-order valence-corrected chi connectivity index (χ1v) is 7.85. The molecule has 0 aliphatic heterocycles. The molecule has 0 radical (unpaired) electrons. The summed E-state index contributed by atoms with van der Waals surface area (Å²) in [7, 11) is 1.70. The van der Waals surface area contributed by atoms with Gasteiger partial charge in [0.2, 0.25) is 0 Å². The van der Waals surface area contributed by atoms with Crippen molar-refractivity contribution in [2.24, 2.45) is 0 Å². The van der Waals surface area contributed by atoms with E-state index in [1.54, 1.807) is 17.1 Å². The summed E-state index contributed by atoms with van der Waals surface area (Å²) >= 11 is 1.16. The minimum atomic E-state index is -0.232. The van der Waals surface area contributed by atoms with E-state index in [-0.39, 0.29) is 29.5 Å². The van der Waals surface area contributed by atoms with Crippen LogP contribution in [0.1, 0.15) is 37.8 Å². The van der Waals surface area contributed by atoms with E-state index in [0.717, 1.165) is 42.7 Å². The van der Waals surface area contributed by atoms with Gasteiger partial charge in [0, 0.05) is 31.1 Å². The van der Waals surface area contributed by atoms with E-state index in [1.807, 2.05) is 6.92 Å². The predicted molar refractivity (Wildman–Crippen MR) is 77.1 cm³/mol. The van der Waals surface area contributed by atoms with Crippen molar-refractivity contribution in [3.05, 3.63) is 20.7 Å². The summed E-state index contributed by atoms with van der Waals surface area (Å²) < 4.78 is 12.4. The monoisotopic (exact) mass is 299 g/mol. The third-order valence-corrected chi connectivity index (χ3v) is 4.61. The summed E-state index contributed by atoms with van der Waals surface area (Å²) in [6.07, 6.45) is 4.15. The minimum absolute atomic E-state index is 0.0209. The molecule has 0 unspecified atom stereocenters. The van der Waals surface area contributed by atoms with Crippen LogP contribution in [-0.2, 0) is 20.8 Å². The Morgan fingerprint density at radius 2 is 2.20 bits per heavy atom. The fourth-order valence-electron chi connectivity index (χ4n) is 2.55. The second-order valence-electron chi connectivity index (χ2n) is 5.18. The number of hydrogen-bond acceptors (Lipinski definition) is 5. The average molecular weight is 299 g/mol. The van der Waals surface area contributed by atoms with Gasteiger partial charge in [0.15, 0.2) is 0 Å². The lowest BCUT2D eigenvalue weighted by Crippen LogP contribution is -2.30. The summed E-state index contributed by atoms with van der Waals surface area (Å²) in [5.41, 5.74) is 0.893.